The lowest BCUT2D eigenvalue weighted by atomic mass is 10.1. The molecule has 1 rings (SSSR count). The number of hydrogen-bond donors (Lipinski definition) is 1. The van der Waals surface area contributed by atoms with Gasteiger partial charge in [-0.05, 0) is 27.2 Å². The highest BCUT2D eigenvalue weighted by molar-refractivity contribution is 7.89. The molecule has 0 aliphatic rings. The summed E-state index contributed by atoms with van der Waals surface area (Å²) in [5.74, 6) is 3.07. The van der Waals surface area contributed by atoms with Crippen molar-refractivity contribution < 1.29 is 8.42 Å². The van der Waals surface area contributed by atoms with Gasteiger partial charge in [-0.15, -0.1) is 6.42 Å². The maximum atomic E-state index is 12.1. The summed E-state index contributed by atoms with van der Waals surface area (Å²) >= 11 is 0. The molecule has 0 spiro atoms. The van der Waals surface area contributed by atoms with Gasteiger partial charge in [0.05, 0.1) is 5.54 Å². The van der Waals surface area contributed by atoms with E-state index in [2.05, 4.69) is 15.6 Å². The van der Waals surface area contributed by atoms with E-state index in [-0.39, 0.29) is 5.03 Å². The van der Waals surface area contributed by atoms with Gasteiger partial charge in [0, 0.05) is 12.7 Å². The number of terminal acetylenes is 1. The molecule has 100 valence electrons. The van der Waals surface area contributed by atoms with Crippen LogP contribution in [0.15, 0.2) is 11.2 Å². The molecule has 0 fully saturated rings. The summed E-state index contributed by atoms with van der Waals surface area (Å²) in [6, 6.07) is 0. The van der Waals surface area contributed by atoms with E-state index in [1.807, 2.05) is 11.5 Å². The van der Waals surface area contributed by atoms with Crippen LogP contribution in [0.25, 0.3) is 0 Å². The Labute approximate surface area is 109 Å². The normalized spacial score (nSPS) is 12.4. The molecule has 0 atom stereocenters. The molecule has 0 saturated carbocycles. The molecule has 0 aliphatic heterocycles. The lowest BCUT2D eigenvalue weighted by Crippen LogP contribution is -2.42. The van der Waals surface area contributed by atoms with Crippen LogP contribution >= 0.6 is 0 Å². The third kappa shape index (κ3) is 3.34. The summed E-state index contributed by atoms with van der Waals surface area (Å²) < 4.78 is 28.4. The van der Waals surface area contributed by atoms with Crippen molar-refractivity contribution in [2.75, 3.05) is 0 Å². The molecule has 1 aromatic rings. The zero-order valence-electron chi connectivity index (χ0n) is 11.2. The van der Waals surface area contributed by atoms with Gasteiger partial charge in [-0.25, -0.2) is 13.4 Å². The molecule has 0 saturated heterocycles. The number of aromatic nitrogens is 2. The Morgan fingerprint density at radius 2 is 2.17 bits per heavy atom. The molecule has 0 amide bonds. The van der Waals surface area contributed by atoms with Crippen LogP contribution < -0.4 is 4.72 Å². The van der Waals surface area contributed by atoms with E-state index in [4.69, 9.17) is 6.42 Å². The molecular weight excluding hydrogens is 250 g/mol. The number of hydrogen-bond acceptors (Lipinski definition) is 3. The van der Waals surface area contributed by atoms with Crippen LogP contribution in [0, 0.1) is 19.3 Å². The molecule has 0 bridgehead atoms. The lowest BCUT2D eigenvalue weighted by Gasteiger charge is -2.18. The molecule has 0 aromatic carbocycles. The maximum Gasteiger partial charge on any atom is 0.260 e. The second kappa shape index (κ2) is 5.12. The first-order chi connectivity index (χ1) is 8.22. The van der Waals surface area contributed by atoms with E-state index in [1.165, 1.54) is 6.20 Å². The molecule has 18 heavy (non-hydrogen) atoms. The minimum atomic E-state index is -3.67. The van der Waals surface area contributed by atoms with Gasteiger partial charge in [-0.1, -0.05) is 12.8 Å². The lowest BCUT2D eigenvalue weighted by molar-refractivity contribution is 0.536. The summed E-state index contributed by atoms with van der Waals surface area (Å²) in [4.78, 5) is 4.06. The van der Waals surface area contributed by atoms with Gasteiger partial charge < -0.3 is 4.57 Å². The molecule has 0 radical (unpaired) electrons. The Kier molecular flexibility index (Phi) is 4.20. The maximum absolute atomic E-state index is 12.1. The fourth-order valence-electron chi connectivity index (χ4n) is 1.49. The summed E-state index contributed by atoms with van der Waals surface area (Å²) in [6.07, 6.45) is 7.72. The highest BCUT2D eigenvalue weighted by Gasteiger charge is 2.26. The van der Waals surface area contributed by atoms with Crippen molar-refractivity contribution in [3.8, 4) is 12.3 Å². The molecule has 1 N–H and O–H groups in total. The summed E-state index contributed by atoms with van der Waals surface area (Å²) in [5, 5.41) is 0.0109. The molecule has 0 unspecified atom stereocenters. The Balaban J connectivity index is 3.07. The first kappa shape index (κ1) is 14.7. The second-order valence-electron chi connectivity index (χ2n) is 4.69. The molecule has 1 heterocycles. The SMILES string of the molecule is C#CC(C)(C)NS(=O)(=O)c1cn(CCC)c(C)n1. The van der Waals surface area contributed by atoms with E-state index < -0.39 is 15.6 Å². The molecular formula is C12H19N3O2S. The standard InChI is InChI=1S/C12H19N3O2S/c1-6-8-15-9-11(13-10(15)3)18(16,17)14-12(4,5)7-2/h2,9,14H,6,8H2,1,3-5H3. The van der Waals surface area contributed by atoms with Gasteiger partial charge in [0.1, 0.15) is 5.82 Å². The molecule has 0 aliphatic carbocycles. The van der Waals surface area contributed by atoms with Gasteiger partial charge >= 0.3 is 0 Å². The zero-order chi connectivity index (χ0) is 14.0. The van der Waals surface area contributed by atoms with Crippen molar-refractivity contribution in [3.63, 3.8) is 0 Å². The molecule has 5 nitrogen and oxygen atoms in total. The van der Waals surface area contributed by atoms with Gasteiger partial charge in [-0.3, -0.25) is 0 Å². The van der Waals surface area contributed by atoms with E-state index in [0.29, 0.717) is 5.82 Å². The third-order valence-electron chi connectivity index (χ3n) is 2.44. The number of imidazole rings is 1. The minimum Gasteiger partial charge on any atom is -0.334 e. The first-order valence-electron chi connectivity index (χ1n) is 5.77. The smallest absolute Gasteiger partial charge is 0.260 e. The van der Waals surface area contributed by atoms with Crippen LogP contribution in [0.5, 0.6) is 0 Å². The van der Waals surface area contributed by atoms with Crippen LogP contribution in [-0.2, 0) is 16.6 Å². The highest BCUT2D eigenvalue weighted by atomic mass is 32.2. The number of rotatable bonds is 5. The van der Waals surface area contributed by atoms with E-state index in [0.717, 1.165) is 13.0 Å². The predicted octanol–water partition coefficient (Wildman–Crippen LogP) is 1.29. The molecule has 6 heteroatoms. The number of sulfonamides is 1. The quantitative estimate of drug-likeness (QED) is 0.819. The average molecular weight is 269 g/mol. The topological polar surface area (TPSA) is 64.0 Å². The van der Waals surface area contributed by atoms with Gasteiger partial charge in [0.15, 0.2) is 5.03 Å². The Hall–Kier alpha value is -1.32. The van der Waals surface area contributed by atoms with Crippen molar-refractivity contribution in [2.45, 2.75) is 51.2 Å². The fraction of sp³-hybridized carbons (Fsp3) is 0.583. The summed E-state index contributed by atoms with van der Waals surface area (Å²) in [7, 11) is -3.67. The van der Waals surface area contributed by atoms with Crippen molar-refractivity contribution in [1.82, 2.24) is 14.3 Å². The first-order valence-corrected chi connectivity index (χ1v) is 7.25. The van der Waals surface area contributed by atoms with Crippen molar-refractivity contribution >= 4 is 10.0 Å². The second-order valence-corrected chi connectivity index (χ2v) is 6.32. The Bertz CT molecular complexity index is 565. The van der Waals surface area contributed by atoms with E-state index >= 15 is 0 Å². The van der Waals surface area contributed by atoms with Crippen LogP contribution in [0.4, 0.5) is 0 Å². The van der Waals surface area contributed by atoms with E-state index in [9.17, 15) is 8.42 Å². The minimum absolute atomic E-state index is 0.0109. The van der Waals surface area contributed by atoms with Crippen molar-refractivity contribution in [2.24, 2.45) is 0 Å². The van der Waals surface area contributed by atoms with Crippen LogP contribution in [0.2, 0.25) is 0 Å². The van der Waals surface area contributed by atoms with Crippen molar-refractivity contribution in [3.05, 3.63) is 12.0 Å². The zero-order valence-corrected chi connectivity index (χ0v) is 12.0. The predicted molar refractivity (Wildman–Crippen MR) is 70.5 cm³/mol. The number of aryl methyl sites for hydroxylation is 2. The summed E-state index contributed by atoms with van der Waals surface area (Å²) in [5.41, 5.74) is -0.929. The van der Waals surface area contributed by atoms with Crippen molar-refractivity contribution in [1.29, 1.82) is 0 Å². The third-order valence-corrected chi connectivity index (χ3v) is 3.97. The van der Waals surface area contributed by atoms with Gasteiger partial charge in [-0.2, -0.15) is 4.72 Å². The van der Waals surface area contributed by atoms with Gasteiger partial charge in [0.2, 0.25) is 0 Å². The largest absolute Gasteiger partial charge is 0.334 e. The van der Waals surface area contributed by atoms with Gasteiger partial charge in [0.25, 0.3) is 10.0 Å². The summed E-state index contributed by atoms with van der Waals surface area (Å²) in [6.45, 7) is 7.79. The highest BCUT2D eigenvalue weighted by Crippen LogP contribution is 2.13. The Morgan fingerprint density at radius 1 is 1.56 bits per heavy atom. The van der Waals surface area contributed by atoms with Crippen LogP contribution in [0.3, 0.4) is 0 Å². The monoisotopic (exact) mass is 269 g/mol. The number of nitrogens with zero attached hydrogens (tertiary/aromatic N) is 2. The number of nitrogens with one attached hydrogen (secondary N) is 1. The molecule has 1 aromatic heterocycles. The fourth-order valence-corrected chi connectivity index (χ4v) is 2.85. The van der Waals surface area contributed by atoms with Crippen LogP contribution in [0.1, 0.15) is 33.0 Å². The Morgan fingerprint density at radius 3 is 2.67 bits per heavy atom. The average Bonchev–Trinajstić information content (AvgIpc) is 2.61. The van der Waals surface area contributed by atoms with Crippen LogP contribution in [-0.4, -0.2) is 23.5 Å². The van der Waals surface area contributed by atoms with E-state index in [1.54, 1.807) is 20.8 Å².